The predicted molar refractivity (Wildman–Crippen MR) is 78.5 cm³/mol. The third-order valence-corrected chi connectivity index (χ3v) is 2.90. The van der Waals surface area contributed by atoms with Crippen LogP contribution in [0.4, 0.5) is 18.9 Å². The minimum Gasteiger partial charge on any atom is -0.495 e. The van der Waals surface area contributed by atoms with Gasteiger partial charge in [0.05, 0.1) is 19.2 Å². The van der Waals surface area contributed by atoms with E-state index in [1.165, 1.54) is 31.4 Å². The van der Waals surface area contributed by atoms with E-state index < -0.39 is 6.36 Å². The molecule has 0 saturated carbocycles. The number of hydrogen-bond acceptors (Lipinski definition) is 3. The summed E-state index contributed by atoms with van der Waals surface area (Å²) in [6.45, 7) is 0. The molecule has 0 spiro atoms. The van der Waals surface area contributed by atoms with Gasteiger partial charge in [0, 0.05) is 0 Å². The van der Waals surface area contributed by atoms with Crippen LogP contribution in [0.15, 0.2) is 48.5 Å². The summed E-state index contributed by atoms with van der Waals surface area (Å²) in [6, 6.07) is 12.1. The Bertz CT molecular complexity index is 669. The minimum absolute atomic E-state index is 0.0182. The van der Waals surface area contributed by atoms with Gasteiger partial charge in [0.2, 0.25) is 5.91 Å². The molecule has 0 atom stereocenters. The number of carbonyl (C=O) groups excluding carboxylic acids is 1. The van der Waals surface area contributed by atoms with E-state index in [1.54, 1.807) is 24.3 Å². The number of amides is 1. The monoisotopic (exact) mass is 325 g/mol. The van der Waals surface area contributed by atoms with E-state index in [-0.39, 0.29) is 18.1 Å². The van der Waals surface area contributed by atoms with Crippen molar-refractivity contribution >= 4 is 11.6 Å². The lowest BCUT2D eigenvalue weighted by Crippen LogP contribution is -2.17. The van der Waals surface area contributed by atoms with Crippen LogP contribution in [0, 0.1) is 0 Å². The maximum absolute atomic E-state index is 12.1. The number of alkyl halides is 3. The molecule has 4 nitrogen and oxygen atoms in total. The zero-order valence-corrected chi connectivity index (χ0v) is 12.2. The van der Waals surface area contributed by atoms with Crippen LogP contribution >= 0.6 is 0 Å². The fourth-order valence-electron chi connectivity index (χ4n) is 1.94. The standard InChI is InChI=1S/C16H14F3NO3/c1-22-14-5-3-2-4-13(14)20-15(21)10-11-6-8-12(9-7-11)23-16(17,18)19/h2-9H,10H2,1H3,(H,20,21). The number of ether oxygens (including phenoxy) is 2. The van der Waals surface area contributed by atoms with Crippen molar-refractivity contribution in [3.8, 4) is 11.5 Å². The van der Waals surface area contributed by atoms with Crippen molar-refractivity contribution in [3.05, 3.63) is 54.1 Å². The third kappa shape index (κ3) is 5.21. The van der Waals surface area contributed by atoms with E-state index in [4.69, 9.17) is 4.74 Å². The fourth-order valence-corrected chi connectivity index (χ4v) is 1.94. The molecule has 0 saturated heterocycles. The summed E-state index contributed by atoms with van der Waals surface area (Å²) in [4.78, 5) is 12.0. The Hall–Kier alpha value is -2.70. The molecular weight excluding hydrogens is 311 g/mol. The van der Waals surface area contributed by atoms with Gasteiger partial charge in [-0.15, -0.1) is 13.2 Å². The highest BCUT2D eigenvalue weighted by atomic mass is 19.4. The van der Waals surface area contributed by atoms with Crippen molar-refractivity contribution in [1.82, 2.24) is 0 Å². The van der Waals surface area contributed by atoms with E-state index in [0.29, 0.717) is 17.0 Å². The number of carbonyl (C=O) groups is 1. The zero-order valence-electron chi connectivity index (χ0n) is 12.2. The van der Waals surface area contributed by atoms with Gasteiger partial charge in [0.25, 0.3) is 0 Å². The maximum Gasteiger partial charge on any atom is 0.573 e. The van der Waals surface area contributed by atoms with Crippen LogP contribution in [-0.2, 0) is 11.2 Å². The van der Waals surface area contributed by atoms with E-state index in [1.807, 2.05) is 0 Å². The lowest BCUT2D eigenvalue weighted by molar-refractivity contribution is -0.274. The van der Waals surface area contributed by atoms with E-state index in [9.17, 15) is 18.0 Å². The number of para-hydroxylation sites is 2. The number of methoxy groups -OCH3 is 1. The average Bonchev–Trinajstić information content (AvgIpc) is 2.48. The van der Waals surface area contributed by atoms with Gasteiger partial charge < -0.3 is 14.8 Å². The highest BCUT2D eigenvalue weighted by molar-refractivity contribution is 5.93. The molecule has 0 unspecified atom stereocenters. The smallest absolute Gasteiger partial charge is 0.495 e. The van der Waals surface area contributed by atoms with Gasteiger partial charge >= 0.3 is 6.36 Å². The lowest BCUT2D eigenvalue weighted by Gasteiger charge is -2.11. The molecule has 1 N–H and O–H groups in total. The molecule has 0 radical (unpaired) electrons. The van der Waals surface area contributed by atoms with Crippen LogP contribution in [-0.4, -0.2) is 19.4 Å². The molecule has 122 valence electrons. The third-order valence-electron chi connectivity index (χ3n) is 2.90. The normalized spacial score (nSPS) is 11.0. The molecule has 23 heavy (non-hydrogen) atoms. The topological polar surface area (TPSA) is 47.6 Å². The molecule has 0 aliphatic rings. The predicted octanol–water partition coefficient (Wildman–Crippen LogP) is 3.78. The molecule has 2 aromatic rings. The van der Waals surface area contributed by atoms with Crippen molar-refractivity contribution in [3.63, 3.8) is 0 Å². The van der Waals surface area contributed by atoms with E-state index in [2.05, 4.69) is 10.1 Å². The Labute approximate surface area is 130 Å². The Morgan fingerprint density at radius 2 is 1.74 bits per heavy atom. The second-order valence-electron chi connectivity index (χ2n) is 4.62. The highest BCUT2D eigenvalue weighted by Crippen LogP contribution is 2.24. The van der Waals surface area contributed by atoms with E-state index in [0.717, 1.165) is 0 Å². The molecule has 0 aliphatic carbocycles. The molecular formula is C16H14F3NO3. The maximum atomic E-state index is 12.1. The molecule has 2 rings (SSSR count). The van der Waals surface area contributed by atoms with Gasteiger partial charge in [0.15, 0.2) is 0 Å². The Morgan fingerprint density at radius 3 is 2.35 bits per heavy atom. The number of halogens is 3. The van der Waals surface area contributed by atoms with Crippen LogP contribution < -0.4 is 14.8 Å². The molecule has 7 heteroatoms. The Balaban J connectivity index is 1.98. The first-order valence-electron chi connectivity index (χ1n) is 6.65. The summed E-state index contributed by atoms with van der Waals surface area (Å²) >= 11 is 0. The molecule has 0 aliphatic heterocycles. The zero-order chi connectivity index (χ0) is 16.9. The van der Waals surface area contributed by atoms with Gasteiger partial charge in [-0.2, -0.15) is 0 Å². The summed E-state index contributed by atoms with van der Waals surface area (Å²) in [6.07, 6.45) is -4.72. The van der Waals surface area contributed by atoms with Crippen LogP contribution in [0.3, 0.4) is 0 Å². The number of benzene rings is 2. The SMILES string of the molecule is COc1ccccc1NC(=O)Cc1ccc(OC(F)(F)F)cc1. The minimum atomic E-state index is -4.73. The second-order valence-corrected chi connectivity index (χ2v) is 4.62. The van der Waals surface area contributed by atoms with Crippen LogP contribution in [0.5, 0.6) is 11.5 Å². The molecule has 0 aromatic heterocycles. The number of nitrogens with one attached hydrogen (secondary N) is 1. The summed E-state index contributed by atoms with van der Waals surface area (Å²) in [5.74, 6) is -0.111. The van der Waals surface area contributed by atoms with Crippen LogP contribution in [0.25, 0.3) is 0 Å². The number of rotatable bonds is 5. The molecule has 0 fully saturated rings. The Morgan fingerprint density at radius 1 is 1.09 bits per heavy atom. The first-order chi connectivity index (χ1) is 10.9. The summed E-state index contributed by atoms with van der Waals surface area (Å²) < 4.78 is 45.1. The van der Waals surface area contributed by atoms with E-state index >= 15 is 0 Å². The fraction of sp³-hybridized carbons (Fsp3) is 0.188. The van der Waals surface area contributed by atoms with Gasteiger partial charge in [-0.05, 0) is 29.8 Å². The number of hydrogen-bond donors (Lipinski definition) is 1. The first-order valence-corrected chi connectivity index (χ1v) is 6.65. The quantitative estimate of drug-likeness (QED) is 0.910. The largest absolute Gasteiger partial charge is 0.573 e. The second kappa shape index (κ2) is 7.04. The van der Waals surface area contributed by atoms with Crippen molar-refractivity contribution in [1.29, 1.82) is 0 Å². The average molecular weight is 325 g/mol. The summed E-state index contributed by atoms with van der Waals surface area (Å²) in [5, 5.41) is 2.69. The Kier molecular flexibility index (Phi) is 5.10. The molecule has 2 aromatic carbocycles. The first kappa shape index (κ1) is 16.7. The highest BCUT2D eigenvalue weighted by Gasteiger charge is 2.30. The van der Waals surface area contributed by atoms with Crippen molar-refractivity contribution in [2.45, 2.75) is 12.8 Å². The molecule has 0 bridgehead atoms. The summed E-state index contributed by atoms with van der Waals surface area (Å²) in [5.41, 5.74) is 1.09. The molecule has 1 amide bonds. The molecule has 0 heterocycles. The van der Waals surface area contributed by atoms with Crippen molar-refractivity contribution in [2.75, 3.05) is 12.4 Å². The van der Waals surface area contributed by atoms with Crippen molar-refractivity contribution in [2.24, 2.45) is 0 Å². The van der Waals surface area contributed by atoms with Crippen molar-refractivity contribution < 1.29 is 27.4 Å². The van der Waals surface area contributed by atoms with Crippen LogP contribution in [0.1, 0.15) is 5.56 Å². The summed E-state index contributed by atoms with van der Waals surface area (Å²) in [7, 11) is 1.49. The lowest BCUT2D eigenvalue weighted by atomic mass is 10.1. The number of anilines is 1. The van der Waals surface area contributed by atoms with Crippen LogP contribution in [0.2, 0.25) is 0 Å². The van der Waals surface area contributed by atoms with Gasteiger partial charge in [-0.3, -0.25) is 4.79 Å². The van der Waals surface area contributed by atoms with Gasteiger partial charge in [0.1, 0.15) is 11.5 Å². The van der Waals surface area contributed by atoms with Gasteiger partial charge in [-0.25, -0.2) is 0 Å². The van der Waals surface area contributed by atoms with Gasteiger partial charge in [-0.1, -0.05) is 24.3 Å².